The summed E-state index contributed by atoms with van der Waals surface area (Å²) in [7, 11) is 0. The summed E-state index contributed by atoms with van der Waals surface area (Å²) < 4.78 is 1.96. The van der Waals surface area contributed by atoms with Gasteiger partial charge in [-0.1, -0.05) is 0 Å². The molecule has 0 amide bonds. The lowest BCUT2D eigenvalue weighted by Crippen LogP contribution is -2.33. The Balaban J connectivity index is 2.24. The summed E-state index contributed by atoms with van der Waals surface area (Å²) in [6, 6.07) is -0.450. The number of carboxylic acids is 1. The maximum absolute atomic E-state index is 10.9. The first-order valence-electron chi connectivity index (χ1n) is 5.69. The number of hydrogen-bond donors (Lipinski definition) is 2. The molecular formula is C11H17N3O2S. The molecule has 1 aliphatic rings. The molecule has 0 saturated carbocycles. The second kappa shape index (κ2) is 4.70. The fourth-order valence-electron chi connectivity index (χ4n) is 2.18. The predicted molar refractivity (Wildman–Crippen MR) is 67.1 cm³/mol. The van der Waals surface area contributed by atoms with Crippen LogP contribution in [0.25, 0.3) is 0 Å². The van der Waals surface area contributed by atoms with Crippen molar-refractivity contribution in [2.24, 2.45) is 0 Å². The van der Waals surface area contributed by atoms with E-state index in [-0.39, 0.29) is 5.37 Å². The summed E-state index contributed by atoms with van der Waals surface area (Å²) in [5.74, 6) is -0.172. The van der Waals surface area contributed by atoms with Gasteiger partial charge in [0.15, 0.2) is 0 Å². The third-order valence-corrected chi connectivity index (χ3v) is 4.31. The molecule has 1 fully saturated rings. The monoisotopic (exact) mass is 255 g/mol. The van der Waals surface area contributed by atoms with Crippen LogP contribution < -0.4 is 5.32 Å². The summed E-state index contributed by atoms with van der Waals surface area (Å²) in [5.41, 5.74) is 3.25. The molecule has 5 nitrogen and oxygen atoms in total. The number of aliphatic carboxylic acids is 1. The lowest BCUT2D eigenvalue weighted by molar-refractivity contribution is -0.138. The van der Waals surface area contributed by atoms with Crippen molar-refractivity contribution >= 4 is 17.7 Å². The van der Waals surface area contributed by atoms with Crippen LogP contribution in [0.2, 0.25) is 0 Å². The average molecular weight is 255 g/mol. The molecule has 2 N–H and O–H groups in total. The van der Waals surface area contributed by atoms with Crippen LogP contribution in [0.4, 0.5) is 0 Å². The lowest BCUT2D eigenvalue weighted by atomic mass is 10.2. The first kappa shape index (κ1) is 12.4. The van der Waals surface area contributed by atoms with Gasteiger partial charge < -0.3 is 5.11 Å². The normalized spacial score (nSPS) is 24.2. The van der Waals surface area contributed by atoms with Crippen LogP contribution in [-0.4, -0.2) is 32.7 Å². The first-order chi connectivity index (χ1) is 8.04. The molecule has 1 saturated heterocycles. The third-order valence-electron chi connectivity index (χ3n) is 3.08. The lowest BCUT2D eigenvalue weighted by Gasteiger charge is -2.11. The van der Waals surface area contributed by atoms with Crippen LogP contribution >= 0.6 is 11.8 Å². The molecule has 0 aromatic carbocycles. The Morgan fingerprint density at radius 2 is 2.35 bits per heavy atom. The Hall–Kier alpha value is -1.01. The Kier molecular flexibility index (Phi) is 3.44. The van der Waals surface area contributed by atoms with Gasteiger partial charge in [0.1, 0.15) is 6.04 Å². The molecule has 1 aromatic rings. The van der Waals surface area contributed by atoms with Crippen molar-refractivity contribution in [2.45, 2.75) is 38.7 Å². The van der Waals surface area contributed by atoms with Crippen molar-refractivity contribution in [2.75, 3.05) is 5.75 Å². The van der Waals surface area contributed by atoms with Crippen molar-refractivity contribution in [1.82, 2.24) is 15.1 Å². The van der Waals surface area contributed by atoms with E-state index in [4.69, 9.17) is 5.11 Å². The maximum Gasteiger partial charge on any atom is 0.321 e. The smallest absolute Gasteiger partial charge is 0.321 e. The molecule has 2 atom stereocenters. The fourth-order valence-corrected chi connectivity index (χ4v) is 3.57. The van der Waals surface area contributed by atoms with Crippen molar-refractivity contribution < 1.29 is 9.90 Å². The number of hydrogen-bond acceptors (Lipinski definition) is 4. The summed E-state index contributed by atoms with van der Waals surface area (Å²) >= 11 is 1.64. The molecule has 2 rings (SSSR count). The number of thioether (sulfide) groups is 1. The van der Waals surface area contributed by atoms with Crippen molar-refractivity contribution in [1.29, 1.82) is 0 Å². The largest absolute Gasteiger partial charge is 0.480 e. The molecule has 94 valence electrons. The van der Waals surface area contributed by atoms with Crippen LogP contribution in [0.3, 0.4) is 0 Å². The van der Waals surface area contributed by atoms with Gasteiger partial charge in [-0.15, -0.1) is 11.8 Å². The molecule has 1 aliphatic heterocycles. The van der Waals surface area contributed by atoms with Gasteiger partial charge in [-0.25, -0.2) is 0 Å². The molecule has 0 aliphatic carbocycles. The van der Waals surface area contributed by atoms with Crippen LogP contribution in [-0.2, 0) is 11.3 Å². The second-order valence-corrected chi connectivity index (χ2v) is 5.31. The molecular weight excluding hydrogens is 238 g/mol. The first-order valence-corrected chi connectivity index (χ1v) is 6.73. The minimum Gasteiger partial charge on any atom is -0.480 e. The number of aryl methyl sites for hydroxylation is 2. The molecule has 1 aromatic heterocycles. The number of nitrogens with one attached hydrogen (secondary N) is 1. The number of carboxylic acid groups (broad SMARTS) is 1. The van der Waals surface area contributed by atoms with Gasteiger partial charge >= 0.3 is 5.97 Å². The highest BCUT2D eigenvalue weighted by Gasteiger charge is 2.33. The molecule has 0 spiro atoms. The van der Waals surface area contributed by atoms with Gasteiger partial charge in [0, 0.05) is 23.6 Å². The Morgan fingerprint density at radius 3 is 2.82 bits per heavy atom. The van der Waals surface area contributed by atoms with E-state index in [9.17, 15) is 4.79 Å². The minimum atomic E-state index is -0.779. The molecule has 17 heavy (non-hydrogen) atoms. The Morgan fingerprint density at radius 1 is 1.65 bits per heavy atom. The molecule has 6 heteroatoms. The highest BCUT2D eigenvalue weighted by Crippen LogP contribution is 2.36. The number of rotatable bonds is 3. The van der Waals surface area contributed by atoms with Crippen LogP contribution in [0.1, 0.15) is 29.2 Å². The van der Waals surface area contributed by atoms with Gasteiger partial charge in [0.05, 0.1) is 11.1 Å². The summed E-state index contributed by atoms with van der Waals surface area (Å²) in [6.07, 6.45) is 0. The number of nitrogens with zero attached hydrogens (tertiary/aromatic N) is 2. The highest BCUT2D eigenvalue weighted by atomic mass is 32.2. The van der Waals surface area contributed by atoms with Crippen LogP contribution in [0, 0.1) is 13.8 Å². The van der Waals surface area contributed by atoms with Crippen molar-refractivity contribution in [3.8, 4) is 0 Å². The Labute approximate surface area is 105 Å². The van der Waals surface area contributed by atoms with Crippen molar-refractivity contribution in [3.05, 3.63) is 17.0 Å². The third kappa shape index (κ3) is 2.19. The van der Waals surface area contributed by atoms with Crippen molar-refractivity contribution in [3.63, 3.8) is 0 Å². The molecule has 0 radical (unpaired) electrons. The number of aromatic nitrogens is 2. The highest BCUT2D eigenvalue weighted by molar-refractivity contribution is 7.99. The van der Waals surface area contributed by atoms with E-state index in [1.54, 1.807) is 11.8 Å². The van der Waals surface area contributed by atoms with Gasteiger partial charge in [-0.2, -0.15) is 5.10 Å². The zero-order valence-electron chi connectivity index (χ0n) is 10.2. The fraction of sp³-hybridized carbons (Fsp3) is 0.636. The SMILES string of the molecule is CCn1nc(C)c([C@@H]2N[C@H](C(=O)O)CS2)c1C. The van der Waals surface area contributed by atoms with Gasteiger partial charge in [-0.3, -0.25) is 14.8 Å². The standard InChI is InChI=1S/C11H17N3O2S/c1-4-14-7(3)9(6(2)13-14)10-12-8(5-17-10)11(15)16/h8,10,12H,4-5H2,1-3H3,(H,15,16)/t8-,10+/m0/s1. The van der Waals surface area contributed by atoms with E-state index in [1.165, 1.54) is 0 Å². The molecule has 2 heterocycles. The number of carbonyl (C=O) groups is 1. The zero-order chi connectivity index (χ0) is 12.6. The van der Waals surface area contributed by atoms with E-state index in [0.29, 0.717) is 5.75 Å². The van der Waals surface area contributed by atoms with Gasteiger partial charge in [-0.05, 0) is 20.8 Å². The second-order valence-electron chi connectivity index (χ2n) is 4.17. The van der Waals surface area contributed by atoms with Crippen LogP contribution in [0.5, 0.6) is 0 Å². The van der Waals surface area contributed by atoms with Gasteiger partial charge in [0.25, 0.3) is 0 Å². The quantitative estimate of drug-likeness (QED) is 0.852. The van der Waals surface area contributed by atoms with Crippen LogP contribution in [0.15, 0.2) is 0 Å². The van der Waals surface area contributed by atoms with E-state index in [2.05, 4.69) is 17.3 Å². The topological polar surface area (TPSA) is 67.2 Å². The summed E-state index contributed by atoms with van der Waals surface area (Å²) in [4.78, 5) is 10.9. The summed E-state index contributed by atoms with van der Waals surface area (Å²) in [5, 5.41) is 16.6. The molecule has 0 unspecified atom stereocenters. The molecule has 0 bridgehead atoms. The van der Waals surface area contributed by atoms with E-state index < -0.39 is 12.0 Å². The summed E-state index contributed by atoms with van der Waals surface area (Å²) in [6.45, 7) is 6.91. The zero-order valence-corrected chi connectivity index (χ0v) is 11.0. The van der Waals surface area contributed by atoms with E-state index in [0.717, 1.165) is 23.5 Å². The van der Waals surface area contributed by atoms with E-state index >= 15 is 0 Å². The Bertz CT molecular complexity index is 444. The maximum atomic E-state index is 10.9. The van der Waals surface area contributed by atoms with E-state index in [1.807, 2.05) is 18.5 Å². The van der Waals surface area contributed by atoms with Gasteiger partial charge in [0.2, 0.25) is 0 Å². The predicted octanol–water partition coefficient (Wildman–Crippen LogP) is 1.31. The minimum absolute atomic E-state index is 0.0522. The average Bonchev–Trinajstić information content (AvgIpc) is 2.83.